The second kappa shape index (κ2) is 7.90. The lowest BCUT2D eigenvalue weighted by molar-refractivity contribution is -0.144. The van der Waals surface area contributed by atoms with Crippen LogP contribution in [0.15, 0.2) is 50.3 Å². The molecule has 0 spiro atoms. The molecule has 0 saturated carbocycles. The molecule has 4 aromatic rings. The van der Waals surface area contributed by atoms with Gasteiger partial charge in [-0.05, 0) is 19.9 Å². The summed E-state index contributed by atoms with van der Waals surface area (Å²) in [6, 6.07) is 9.24. The molecule has 8 nitrogen and oxygen atoms in total. The average Bonchev–Trinajstić information content (AvgIpc) is 3.23. The first-order valence-electron chi connectivity index (χ1n) is 9.45. The average molecular weight is 405 g/mol. The lowest BCUT2D eigenvalue weighted by Gasteiger charge is -2.08. The Bertz CT molecular complexity index is 1290. The first kappa shape index (κ1) is 19.5. The van der Waals surface area contributed by atoms with E-state index in [-0.39, 0.29) is 30.5 Å². The van der Waals surface area contributed by atoms with Crippen LogP contribution in [-0.4, -0.2) is 21.1 Å². The van der Waals surface area contributed by atoms with Gasteiger partial charge >= 0.3 is 11.6 Å². The van der Waals surface area contributed by atoms with Crippen LogP contribution in [0.3, 0.4) is 0 Å². The number of hydrogen-bond acceptors (Lipinski definition) is 8. The molecule has 4 rings (SSSR count). The molecular formula is C22H19N3O5. The molecule has 0 N–H and O–H groups in total. The van der Waals surface area contributed by atoms with E-state index in [1.807, 2.05) is 31.2 Å². The highest BCUT2D eigenvalue weighted by Crippen LogP contribution is 2.26. The SMILES string of the molecule is CCC(=O)OCc1cnc(C)c2oc(=O)c(-c3nc(-c4ccc(C)cc4)no3)cc12. The smallest absolute Gasteiger partial charge is 0.349 e. The Hall–Kier alpha value is -3.81. The number of rotatable bonds is 5. The minimum absolute atomic E-state index is 0.0159. The maximum absolute atomic E-state index is 12.6. The van der Waals surface area contributed by atoms with Gasteiger partial charge in [-0.25, -0.2) is 4.79 Å². The normalized spacial score (nSPS) is 11.0. The fourth-order valence-electron chi connectivity index (χ4n) is 2.96. The molecule has 3 heterocycles. The maximum atomic E-state index is 12.6. The second-order valence-electron chi connectivity index (χ2n) is 6.86. The van der Waals surface area contributed by atoms with E-state index in [0.717, 1.165) is 11.1 Å². The van der Waals surface area contributed by atoms with Gasteiger partial charge in [-0.1, -0.05) is 41.9 Å². The molecule has 3 aromatic heterocycles. The Morgan fingerprint density at radius 1 is 1.17 bits per heavy atom. The fraction of sp³-hybridized carbons (Fsp3) is 0.227. The number of nitrogens with zero attached hydrogens (tertiary/aromatic N) is 3. The van der Waals surface area contributed by atoms with Crippen molar-refractivity contribution in [1.29, 1.82) is 0 Å². The summed E-state index contributed by atoms with van der Waals surface area (Å²) in [7, 11) is 0. The summed E-state index contributed by atoms with van der Waals surface area (Å²) < 4.78 is 16.0. The van der Waals surface area contributed by atoms with Crippen molar-refractivity contribution in [1.82, 2.24) is 15.1 Å². The van der Waals surface area contributed by atoms with Crippen molar-refractivity contribution >= 4 is 16.9 Å². The molecule has 0 aliphatic heterocycles. The van der Waals surface area contributed by atoms with E-state index in [1.165, 1.54) is 0 Å². The summed E-state index contributed by atoms with van der Waals surface area (Å²) >= 11 is 0. The minimum atomic E-state index is -0.616. The molecule has 0 aliphatic carbocycles. The fourth-order valence-corrected chi connectivity index (χ4v) is 2.96. The Labute approximate surface area is 171 Å². The number of hydrogen-bond donors (Lipinski definition) is 0. The van der Waals surface area contributed by atoms with Crippen molar-refractivity contribution in [3.8, 4) is 22.8 Å². The molecule has 0 radical (unpaired) electrons. The van der Waals surface area contributed by atoms with Crippen LogP contribution in [0.25, 0.3) is 33.8 Å². The molecule has 0 saturated heterocycles. The second-order valence-corrected chi connectivity index (χ2v) is 6.86. The van der Waals surface area contributed by atoms with Gasteiger partial charge in [0.15, 0.2) is 5.58 Å². The number of carbonyl (C=O) groups is 1. The van der Waals surface area contributed by atoms with Gasteiger partial charge in [0.05, 0.1) is 5.69 Å². The summed E-state index contributed by atoms with van der Waals surface area (Å²) in [5, 5.41) is 4.57. The van der Waals surface area contributed by atoms with Crippen LogP contribution < -0.4 is 5.63 Å². The summed E-state index contributed by atoms with van der Waals surface area (Å²) in [6.45, 7) is 5.45. The number of pyridine rings is 1. The molecule has 0 bridgehead atoms. The van der Waals surface area contributed by atoms with Crippen molar-refractivity contribution in [2.45, 2.75) is 33.8 Å². The van der Waals surface area contributed by atoms with Crippen molar-refractivity contribution in [3.05, 3.63) is 63.8 Å². The molecule has 8 heteroatoms. The van der Waals surface area contributed by atoms with E-state index in [0.29, 0.717) is 28.1 Å². The molecule has 0 atom stereocenters. The van der Waals surface area contributed by atoms with Crippen LogP contribution in [0.5, 0.6) is 0 Å². The van der Waals surface area contributed by atoms with Gasteiger partial charge in [0.2, 0.25) is 5.82 Å². The zero-order valence-corrected chi connectivity index (χ0v) is 16.8. The Balaban J connectivity index is 1.78. The summed E-state index contributed by atoms with van der Waals surface area (Å²) in [4.78, 5) is 32.7. The van der Waals surface area contributed by atoms with Crippen LogP contribution in [-0.2, 0) is 16.1 Å². The highest BCUT2D eigenvalue weighted by Gasteiger charge is 2.19. The van der Waals surface area contributed by atoms with E-state index in [9.17, 15) is 9.59 Å². The van der Waals surface area contributed by atoms with Crippen molar-refractivity contribution in [2.75, 3.05) is 0 Å². The topological polar surface area (TPSA) is 108 Å². The first-order chi connectivity index (χ1) is 14.5. The number of fused-ring (bicyclic) bond motifs is 1. The van der Waals surface area contributed by atoms with E-state index >= 15 is 0 Å². The van der Waals surface area contributed by atoms with Gasteiger partial charge in [-0.3, -0.25) is 9.78 Å². The molecule has 0 unspecified atom stereocenters. The lowest BCUT2D eigenvalue weighted by atomic mass is 10.1. The highest BCUT2D eigenvalue weighted by molar-refractivity contribution is 5.85. The lowest BCUT2D eigenvalue weighted by Crippen LogP contribution is -2.07. The summed E-state index contributed by atoms with van der Waals surface area (Å²) in [5.74, 6) is 0.0840. The standard InChI is InChI=1S/C22H19N3O5/c1-4-18(26)28-11-15-10-23-13(3)19-16(15)9-17(22(27)29-19)21-24-20(25-30-21)14-7-5-12(2)6-8-14/h5-10H,4,11H2,1-3H3. The molecule has 0 fully saturated rings. The molecule has 30 heavy (non-hydrogen) atoms. The van der Waals surface area contributed by atoms with Gasteiger partial charge < -0.3 is 13.7 Å². The van der Waals surface area contributed by atoms with Crippen LogP contribution in [0.4, 0.5) is 0 Å². The number of esters is 1. The molecule has 1 aromatic carbocycles. The third-order valence-electron chi connectivity index (χ3n) is 4.68. The van der Waals surface area contributed by atoms with Crippen molar-refractivity contribution in [3.63, 3.8) is 0 Å². The third-order valence-corrected chi connectivity index (χ3v) is 4.68. The third kappa shape index (κ3) is 3.71. The summed E-state index contributed by atoms with van der Waals surface area (Å²) in [5.41, 5.74) is 2.87. The number of benzene rings is 1. The predicted octanol–water partition coefficient (Wildman–Crippen LogP) is 3.98. The van der Waals surface area contributed by atoms with Crippen LogP contribution >= 0.6 is 0 Å². The minimum Gasteiger partial charge on any atom is -0.461 e. The Kier molecular flexibility index (Phi) is 5.14. The first-order valence-corrected chi connectivity index (χ1v) is 9.45. The van der Waals surface area contributed by atoms with Crippen LogP contribution in [0.2, 0.25) is 0 Å². The van der Waals surface area contributed by atoms with E-state index in [2.05, 4.69) is 15.1 Å². The Morgan fingerprint density at radius 3 is 2.67 bits per heavy atom. The molecule has 152 valence electrons. The molecule has 0 aliphatic rings. The predicted molar refractivity (Wildman–Crippen MR) is 109 cm³/mol. The Morgan fingerprint density at radius 2 is 1.93 bits per heavy atom. The van der Waals surface area contributed by atoms with Gasteiger partial charge in [0.25, 0.3) is 5.89 Å². The number of carbonyl (C=O) groups excluding carboxylic acids is 1. The van der Waals surface area contributed by atoms with Crippen LogP contribution in [0.1, 0.15) is 30.2 Å². The van der Waals surface area contributed by atoms with Crippen molar-refractivity contribution in [2.24, 2.45) is 0 Å². The van der Waals surface area contributed by atoms with Gasteiger partial charge in [0.1, 0.15) is 12.2 Å². The quantitative estimate of drug-likeness (QED) is 0.459. The zero-order valence-electron chi connectivity index (χ0n) is 16.8. The monoisotopic (exact) mass is 405 g/mol. The zero-order chi connectivity index (χ0) is 21.3. The largest absolute Gasteiger partial charge is 0.461 e. The molecule has 0 amide bonds. The molecular weight excluding hydrogens is 386 g/mol. The van der Waals surface area contributed by atoms with E-state index in [1.54, 1.807) is 26.1 Å². The van der Waals surface area contributed by atoms with Crippen molar-refractivity contribution < 1.29 is 18.5 Å². The van der Waals surface area contributed by atoms with Gasteiger partial charge in [-0.15, -0.1) is 0 Å². The van der Waals surface area contributed by atoms with Gasteiger partial charge in [-0.2, -0.15) is 4.98 Å². The number of aryl methyl sites for hydroxylation is 2. The number of aromatic nitrogens is 3. The maximum Gasteiger partial charge on any atom is 0.349 e. The van der Waals surface area contributed by atoms with Gasteiger partial charge in [0, 0.05) is 29.1 Å². The summed E-state index contributed by atoms with van der Waals surface area (Å²) in [6.07, 6.45) is 1.86. The van der Waals surface area contributed by atoms with E-state index in [4.69, 9.17) is 13.7 Å². The van der Waals surface area contributed by atoms with E-state index < -0.39 is 5.63 Å². The number of ether oxygens (including phenoxy) is 1. The van der Waals surface area contributed by atoms with Crippen LogP contribution in [0, 0.1) is 13.8 Å². The highest BCUT2D eigenvalue weighted by atomic mass is 16.5.